The average molecular weight is 388 g/mol. The zero-order chi connectivity index (χ0) is 19.6. The van der Waals surface area contributed by atoms with Gasteiger partial charge in [-0.3, -0.25) is 0 Å². The largest absolute Gasteiger partial charge is 0.395 e. The predicted molar refractivity (Wildman–Crippen MR) is 113 cm³/mol. The van der Waals surface area contributed by atoms with Crippen molar-refractivity contribution in [1.82, 2.24) is 0 Å². The van der Waals surface area contributed by atoms with Gasteiger partial charge in [-0.05, 0) is 49.7 Å². The first kappa shape index (κ1) is 19.5. The Kier molecular flexibility index (Phi) is 5.87. The molecule has 0 aliphatic carbocycles. The second-order valence-corrected chi connectivity index (χ2v) is 7.24. The second-order valence-electron chi connectivity index (χ2n) is 6.80. The highest BCUT2D eigenvalue weighted by Crippen LogP contribution is 2.44. The topological polar surface area (TPSA) is 54.7 Å². The molecule has 7 heteroatoms. The Morgan fingerprint density at radius 1 is 1.11 bits per heavy atom. The molecule has 2 aromatic carbocycles. The van der Waals surface area contributed by atoms with Gasteiger partial charge in [-0.1, -0.05) is 11.6 Å². The minimum absolute atomic E-state index is 0.135. The molecule has 3 rings (SSSR count). The number of azo groups is 1. The molecular formula is C20H26ClN5O. The lowest BCUT2D eigenvalue weighted by molar-refractivity contribution is 0.302. The Morgan fingerprint density at radius 3 is 2.52 bits per heavy atom. The summed E-state index contributed by atoms with van der Waals surface area (Å²) in [7, 11) is 4.07. The number of aryl methyl sites for hydroxylation is 1. The Labute approximate surface area is 165 Å². The quantitative estimate of drug-likeness (QED) is 0.728. The SMILES string of the molecule is CCN(CCO)c1ccc(N=Nc2cc(Cl)cc3c2N(C)CN3C)c(C)c1. The van der Waals surface area contributed by atoms with E-state index in [9.17, 15) is 5.11 Å². The zero-order valence-electron chi connectivity index (χ0n) is 16.3. The summed E-state index contributed by atoms with van der Waals surface area (Å²) in [5, 5.41) is 18.8. The number of likely N-dealkylation sites (N-methyl/N-ethyl adjacent to an activating group) is 1. The van der Waals surface area contributed by atoms with Gasteiger partial charge in [0.15, 0.2) is 0 Å². The molecule has 0 radical (unpaired) electrons. The van der Waals surface area contributed by atoms with Gasteiger partial charge in [0, 0.05) is 37.9 Å². The summed E-state index contributed by atoms with van der Waals surface area (Å²) in [6.07, 6.45) is 0. The predicted octanol–water partition coefficient (Wildman–Crippen LogP) is 4.73. The van der Waals surface area contributed by atoms with Crippen molar-refractivity contribution in [2.75, 3.05) is 55.2 Å². The lowest BCUT2D eigenvalue weighted by Gasteiger charge is -2.22. The van der Waals surface area contributed by atoms with Crippen LogP contribution in [0.1, 0.15) is 12.5 Å². The van der Waals surface area contributed by atoms with Gasteiger partial charge >= 0.3 is 0 Å². The summed E-state index contributed by atoms with van der Waals surface area (Å²) < 4.78 is 0. The Bertz CT molecular complexity index is 855. The third-order valence-electron chi connectivity index (χ3n) is 4.81. The fourth-order valence-corrected chi connectivity index (χ4v) is 3.65. The smallest absolute Gasteiger partial charge is 0.113 e. The van der Waals surface area contributed by atoms with Crippen LogP contribution in [0.15, 0.2) is 40.6 Å². The van der Waals surface area contributed by atoms with Crippen molar-refractivity contribution < 1.29 is 5.11 Å². The van der Waals surface area contributed by atoms with Gasteiger partial charge in [0.2, 0.25) is 0 Å². The van der Waals surface area contributed by atoms with E-state index in [-0.39, 0.29) is 6.61 Å². The first-order valence-electron chi connectivity index (χ1n) is 9.08. The average Bonchev–Trinajstić information content (AvgIpc) is 2.92. The summed E-state index contributed by atoms with van der Waals surface area (Å²) in [6, 6.07) is 9.87. The first-order chi connectivity index (χ1) is 12.9. The molecule has 1 aliphatic rings. The van der Waals surface area contributed by atoms with E-state index in [0.29, 0.717) is 11.6 Å². The lowest BCUT2D eigenvalue weighted by atomic mass is 10.1. The number of aliphatic hydroxyl groups is 1. The highest BCUT2D eigenvalue weighted by Gasteiger charge is 2.24. The summed E-state index contributed by atoms with van der Waals surface area (Å²) in [5.74, 6) is 0. The molecule has 0 fully saturated rings. The van der Waals surface area contributed by atoms with E-state index in [2.05, 4.69) is 37.9 Å². The maximum Gasteiger partial charge on any atom is 0.113 e. The van der Waals surface area contributed by atoms with E-state index in [1.165, 1.54) is 0 Å². The number of anilines is 3. The summed E-state index contributed by atoms with van der Waals surface area (Å²) in [6.45, 7) is 6.49. The van der Waals surface area contributed by atoms with Crippen molar-refractivity contribution in [2.24, 2.45) is 10.2 Å². The van der Waals surface area contributed by atoms with Crippen LogP contribution in [0.5, 0.6) is 0 Å². The van der Waals surface area contributed by atoms with Crippen molar-refractivity contribution >= 4 is 40.0 Å². The standard InChI is InChI=1S/C20H26ClN5O/c1-5-26(8-9-27)16-6-7-17(14(2)10-16)22-23-18-11-15(21)12-19-20(18)25(4)13-24(19)3/h6-7,10-12,27H,5,8-9,13H2,1-4H3. The van der Waals surface area contributed by atoms with E-state index in [1.807, 2.05) is 45.3 Å². The van der Waals surface area contributed by atoms with Crippen molar-refractivity contribution in [3.63, 3.8) is 0 Å². The molecule has 1 aliphatic heterocycles. The van der Waals surface area contributed by atoms with Crippen molar-refractivity contribution in [2.45, 2.75) is 13.8 Å². The highest BCUT2D eigenvalue weighted by atomic mass is 35.5. The monoisotopic (exact) mass is 387 g/mol. The number of hydrogen-bond acceptors (Lipinski definition) is 6. The molecule has 0 unspecified atom stereocenters. The van der Waals surface area contributed by atoms with Crippen molar-refractivity contribution in [3.8, 4) is 0 Å². The van der Waals surface area contributed by atoms with Gasteiger partial charge < -0.3 is 19.8 Å². The molecular weight excluding hydrogens is 362 g/mol. The molecule has 0 saturated carbocycles. The maximum absolute atomic E-state index is 9.21. The number of nitrogens with zero attached hydrogens (tertiary/aromatic N) is 5. The molecule has 0 spiro atoms. The molecule has 0 amide bonds. The molecule has 0 aromatic heterocycles. The first-order valence-corrected chi connectivity index (χ1v) is 9.46. The van der Waals surface area contributed by atoms with E-state index in [0.717, 1.165) is 47.2 Å². The van der Waals surface area contributed by atoms with Crippen LogP contribution in [0.25, 0.3) is 0 Å². The molecule has 0 atom stereocenters. The van der Waals surface area contributed by atoms with E-state index in [4.69, 9.17) is 11.6 Å². The number of benzene rings is 2. The van der Waals surface area contributed by atoms with Gasteiger partial charge in [0.1, 0.15) is 5.69 Å². The Morgan fingerprint density at radius 2 is 1.85 bits per heavy atom. The molecule has 2 aromatic rings. The molecule has 1 N–H and O–H groups in total. The Balaban J connectivity index is 1.90. The van der Waals surface area contributed by atoms with Crippen LogP contribution in [0.2, 0.25) is 5.02 Å². The molecule has 27 heavy (non-hydrogen) atoms. The van der Waals surface area contributed by atoms with Crippen molar-refractivity contribution in [3.05, 3.63) is 40.9 Å². The number of rotatable bonds is 6. The number of fused-ring (bicyclic) bond motifs is 1. The molecule has 0 bridgehead atoms. The Hall–Kier alpha value is -2.31. The lowest BCUT2D eigenvalue weighted by Crippen LogP contribution is -2.26. The summed E-state index contributed by atoms with van der Waals surface area (Å²) >= 11 is 6.28. The van der Waals surface area contributed by atoms with Gasteiger partial charge in [0.25, 0.3) is 0 Å². The van der Waals surface area contributed by atoms with E-state index in [1.54, 1.807) is 0 Å². The minimum Gasteiger partial charge on any atom is -0.395 e. The van der Waals surface area contributed by atoms with Gasteiger partial charge in [0.05, 0.1) is 30.3 Å². The molecule has 0 saturated heterocycles. The minimum atomic E-state index is 0.135. The fraction of sp³-hybridized carbons (Fsp3) is 0.400. The fourth-order valence-electron chi connectivity index (χ4n) is 3.44. The normalized spacial score (nSPS) is 13.6. The van der Waals surface area contributed by atoms with Crippen LogP contribution in [0.3, 0.4) is 0 Å². The number of halogens is 1. The molecule has 6 nitrogen and oxygen atoms in total. The molecule has 144 valence electrons. The third-order valence-corrected chi connectivity index (χ3v) is 5.03. The summed E-state index contributed by atoms with van der Waals surface area (Å²) in [4.78, 5) is 6.41. The summed E-state index contributed by atoms with van der Waals surface area (Å²) in [5.41, 5.74) is 5.81. The second kappa shape index (κ2) is 8.15. The van der Waals surface area contributed by atoms with Crippen molar-refractivity contribution in [1.29, 1.82) is 0 Å². The van der Waals surface area contributed by atoms with Crippen LogP contribution >= 0.6 is 11.6 Å². The third kappa shape index (κ3) is 4.01. The number of hydrogen-bond donors (Lipinski definition) is 1. The van der Waals surface area contributed by atoms with Crippen LogP contribution < -0.4 is 14.7 Å². The zero-order valence-corrected chi connectivity index (χ0v) is 17.0. The van der Waals surface area contributed by atoms with Crippen LogP contribution in [-0.4, -0.2) is 45.6 Å². The highest BCUT2D eigenvalue weighted by molar-refractivity contribution is 6.31. The van der Waals surface area contributed by atoms with E-state index >= 15 is 0 Å². The van der Waals surface area contributed by atoms with Crippen LogP contribution in [0, 0.1) is 6.92 Å². The van der Waals surface area contributed by atoms with Gasteiger partial charge in [-0.25, -0.2) is 0 Å². The van der Waals surface area contributed by atoms with Crippen LogP contribution in [-0.2, 0) is 0 Å². The van der Waals surface area contributed by atoms with E-state index < -0.39 is 0 Å². The van der Waals surface area contributed by atoms with Crippen LogP contribution in [0.4, 0.5) is 28.4 Å². The van der Waals surface area contributed by atoms with Gasteiger partial charge in [-0.15, -0.1) is 5.11 Å². The van der Waals surface area contributed by atoms with Gasteiger partial charge in [-0.2, -0.15) is 5.11 Å². The number of aliphatic hydroxyl groups excluding tert-OH is 1. The maximum atomic E-state index is 9.21. The molecule has 1 heterocycles.